The summed E-state index contributed by atoms with van der Waals surface area (Å²) in [7, 11) is 0. The Bertz CT molecular complexity index is 413. The van der Waals surface area contributed by atoms with Gasteiger partial charge in [-0.05, 0) is 32.8 Å². The van der Waals surface area contributed by atoms with Crippen LogP contribution >= 0.6 is 0 Å². The van der Waals surface area contributed by atoms with Crippen LogP contribution in [0, 0.1) is 13.8 Å². The molecule has 1 unspecified atom stereocenters. The smallest absolute Gasteiger partial charge is 0.370 e. The lowest BCUT2D eigenvalue weighted by Gasteiger charge is -2.09. The normalized spacial score (nSPS) is 13.8. The van der Waals surface area contributed by atoms with E-state index in [1.807, 2.05) is 20.8 Å². The van der Waals surface area contributed by atoms with Gasteiger partial charge < -0.3 is 10.5 Å². The van der Waals surface area contributed by atoms with E-state index in [2.05, 4.69) is 9.84 Å². The Labute approximate surface area is 110 Å². The third kappa shape index (κ3) is 5.20. The Kier molecular flexibility index (Phi) is 5.37. The fourth-order valence-electron chi connectivity index (χ4n) is 1.91. The molecule has 0 spiro atoms. The first-order valence-electron chi connectivity index (χ1n) is 6.13. The summed E-state index contributed by atoms with van der Waals surface area (Å²) in [6.45, 7) is 4.74. The number of nitrogens with two attached hydrogens (primary N) is 1. The molecule has 0 amide bonds. The Morgan fingerprint density at radius 1 is 1.37 bits per heavy atom. The molecule has 0 radical (unpaired) electrons. The van der Waals surface area contributed by atoms with E-state index in [4.69, 9.17) is 5.73 Å². The zero-order valence-electron chi connectivity index (χ0n) is 11.4. The van der Waals surface area contributed by atoms with Crippen LogP contribution in [0.1, 0.15) is 23.9 Å². The number of aromatic nitrogens is 2. The van der Waals surface area contributed by atoms with E-state index in [0.717, 1.165) is 17.0 Å². The van der Waals surface area contributed by atoms with Crippen LogP contribution < -0.4 is 5.73 Å². The monoisotopic (exact) mass is 279 g/mol. The first-order chi connectivity index (χ1) is 8.70. The van der Waals surface area contributed by atoms with Crippen LogP contribution in [0.25, 0.3) is 0 Å². The van der Waals surface area contributed by atoms with Crippen molar-refractivity contribution in [3.8, 4) is 0 Å². The second-order valence-electron chi connectivity index (χ2n) is 4.72. The van der Waals surface area contributed by atoms with Gasteiger partial charge in [-0.2, -0.15) is 18.3 Å². The van der Waals surface area contributed by atoms with Crippen molar-refractivity contribution in [1.82, 2.24) is 9.78 Å². The van der Waals surface area contributed by atoms with E-state index >= 15 is 0 Å². The number of aryl methyl sites for hydroxylation is 1. The zero-order chi connectivity index (χ0) is 14.6. The molecule has 1 atom stereocenters. The Balaban J connectivity index is 2.55. The van der Waals surface area contributed by atoms with Gasteiger partial charge in [0.05, 0.1) is 18.8 Å². The second kappa shape index (κ2) is 6.38. The van der Waals surface area contributed by atoms with Crippen molar-refractivity contribution in [3.63, 3.8) is 0 Å². The molecule has 110 valence electrons. The van der Waals surface area contributed by atoms with Crippen molar-refractivity contribution in [3.05, 3.63) is 17.0 Å². The van der Waals surface area contributed by atoms with E-state index in [9.17, 15) is 13.2 Å². The van der Waals surface area contributed by atoms with Crippen molar-refractivity contribution in [2.24, 2.45) is 5.73 Å². The van der Waals surface area contributed by atoms with Gasteiger partial charge >= 0.3 is 6.18 Å². The third-order valence-corrected chi connectivity index (χ3v) is 2.77. The van der Waals surface area contributed by atoms with Gasteiger partial charge in [0, 0.05) is 11.7 Å². The Morgan fingerprint density at radius 2 is 2.00 bits per heavy atom. The van der Waals surface area contributed by atoms with Crippen molar-refractivity contribution in [2.45, 2.75) is 46.0 Å². The molecule has 7 heteroatoms. The standard InChI is InChI=1S/C12H20F3N3O/c1-8(16)6-11-9(2)17-18(10(11)3)4-5-19-7-12(13,14)15/h8H,4-7,16H2,1-3H3. The number of nitrogens with zero attached hydrogens (tertiary/aromatic N) is 2. The van der Waals surface area contributed by atoms with Crippen molar-refractivity contribution >= 4 is 0 Å². The average Bonchev–Trinajstić information content (AvgIpc) is 2.50. The summed E-state index contributed by atoms with van der Waals surface area (Å²) in [6.07, 6.45) is -3.57. The van der Waals surface area contributed by atoms with Gasteiger partial charge in [-0.25, -0.2) is 0 Å². The molecule has 0 fully saturated rings. The fraction of sp³-hybridized carbons (Fsp3) is 0.750. The maximum atomic E-state index is 11.9. The summed E-state index contributed by atoms with van der Waals surface area (Å²) in [5, 5.41) is 4.30. The predicted molar refractivity (Wildman–Crippen MR) is 65.9 cm³/mol. The van der Waals surface area contributed by atoms with Crippen LogP contribution in [0.3, 0.4) is 0 Å². The van der Waals surface area contributed by atoms with E-state index < -0.39 is 12.8 Å². The van der Waals surface area contributed by atoms with Gasteiger partial charge in [0.15, 0.2) is 0 Å². The van der Waals surface area contributed by atoms with E-state index in [-0.39, 0.29) is 12.6 Å². The Morgan fingerprint density at radius 3 is 2.53 bits per heavy atom. The first-order valence-corrected chi connectivity index (χ1v) is 6.13. The number of rotatable bonds is 6. The van der Waals surface area contributed by atoms with Gasteiger partial charge in [-0.1, -0.05) is 0 Å². The highest BCUT2D eigenvalue weighted by molar-refractivity contribution is 5.25. The topological polar surface area (TPSA) is 53.1 Å². The van der Waals surface area contributed by atoms with E-state index in [1.165, 1.54) is 0 Å². The SMILES string of the molecule is Cc1nn(CCOCC(F)(F)F)c(C)c1CC(C)N. The molecule has 1 aromatic heterocycles. The van der Waals surface area contributed by atoms with Crippen LogP contribution in [0.15, 0.2) is 0 Å². The lowest BCUT2D eigenvalue weighted by Crippen LogP contribution is -2.20. The summed E-state index contributed by atoms with van der Waals surface area (Å²) < 4.78 is 42.0. The maximum absolute atomic E-state index is 11.9. The predicted octanol–water partition coefficient (Wildman–Crippen LogP) is 1.97. The number of halogens is 3. The number of ether oxygens (including phenoxy) is 1. The molecular weight excluding hydrogens is 259 g/mol. The molecule has 4 nitrogen and oxygen atoms in total. The van der Waals surface area contributed by atoms with Crippen molar-refractivity contribution in [1.29, 1.82) is 0 Å². The highest BCUT2D eigenvalue weighted by Gasteiger charge is 2.27. The average molecular weight is 279 g/mol. The van der Waals surface area contributed by atoms with Gasteiger partial charge in [0.1, 0.15) is 6.61 Å². The van der Waals surface area contributed by atoms with Crippen LogP contribution in [-0.2, 0) is 17.7 Å². The molecule has 1 aromatic rings. The minimum absolute atomic E-state index is 0.0148. The molecule has 0 aliphatic carbocycles. The minimum Gasteiger partial charge on any atom is -0.370 e. The summed E-state index contributed by atoms with van der Waals surface area (Å²) in [5.41, 5.74) is 8.62. The first kappa shape index (κ1) is 16.0. The van der Waals surface area contributed by atoms with Gasteiger partial charge in [-0.15, -0.1) is 0 Å². The van der Waals surface area contributed by atoms with Gasteiger partial charge in [0.25, 0.3) is 0 Å². The van der Waals surface area contributed by atoms with Crippen molar-refractivity contribution in [2.75, 3.05) is 13.2 Å². The number of alkyl halides is 3. The lowest BCUT2D eigenvalue weighted by atomic mass is 10.1. The molecule has 19 heavy (non-hydrogen) atoms. The summed E-state index contributed by atoms with van der Waals surface area (Å²) >= 11 is 0. The quantitative estimate of drug-likeness (QED) is 0.810. The molecule has 2 N–H and O–H groups in total. The molecule has 0 saturated carbocycles. The zero-order valence-corrected chi connectivity index (χ0v) is 11.4. The van der Waals surface area contributed by atoms with Gasteiger partial charge in [0.2, 0.25) is 0 Å². The highest BCUT2D eigenvalue weighted by Crippen LogP contribution is 2.16. The maximum Gasteiger partial charge on any atom is 0.411 e. The van der Waals surface area contributed by atoms with Crippen LogP contribution in [0.4, 0.5) is 13.2 Å². The Hall–Kier alpha value is -1.08. The molecule has 0 aliphatic heterocycles. The van der Waals surface area contributed by atoms with E-state index in [0.29, 0.717) is 13.0 Å². The lowest BCUT2D eigenvalue weighted by molar-refractivity contribution is -0.174. The van der Waals surface area contributed by atoms with E-state index in [1.54, 1.807) is 4.68 Å². The minimum atomic E-state index is -4.28. The largest absolute Gasteiger partial charge is 0.411 e. The summed E-state index contributed by atoms with van der Waals surface area (Å²) in [5.74, 6) is 0. The van der Waals surface area contributed by atoms with Crippen LogP contribution in [0.5, 0.6) is 0 Å². The third-order valence-electron chi connectivity index (χ3n) is 2.77. The number of hydrogen-bond donors (Lipinski definition) is 1. The fourth-order valence-corrected chi connectivity index (χ4v) is 1.91. The highest BCUT2D eigenvalue weighted by atomic mass is 19.4. The second-order valence-corrected chi connectivity index (χ2v) is 4.72. The van der Waals surface area contributed by atoms with Crippen molar-refractivity contribution < 1.29 is 17.9 Å². The number of hydrogen-bond acceptors (Lipinski definition) is 3. The summed E-state index contributed by atoms with van der Waals surface area (Å²) in [6, 6.07) is 0.0246. The van der Waals surface area contributed by atoms with Crippen LogP contribution in [-0.4, -0.2) is 35.2 Å². The summed E-state index contributed by atoms with van der Waals surface area (Å²) in [4.78, 5) is 0. The van der Waals surface area contributed by atoms with Crippen LogP contribution in [0.2, 0.25) is 0 Å². The molecule has 1 rings (SSSR count). The molecule has 0 aliphatic rings. The molecule has 1 heterocycles. The van der Waals surface area contributed by atoms with Gasteiger partial charge in [-0.3, -0.25) is 4.68 Å². The molecule has 0 aromatic carbocycles. The molecule has 0 bridgehead atoms. The molecule has 0 saturated heterocycles. The molecular formula is C12H20F3N3O.